The van der Waals surface area contributed by atoms with Crippen molar-refractivity contribution in [2.24, 2.45) is 0 Å². The van der Waals surface area contributed by atoms with Crippen molar-refractivity contribution in [3.05, 3.63) is 26.5 Å². The fourth-order valence-electron chi connectivity index (χ4n) is 2.83. The summed E-state index contributed by atoms with van der Waals surface area (Å²) in [5.41, 5.74) is -0.281. The summed E-state index contributed by atoms with van der Waals surface area (Å²) < 4.78 is 22.7. The Labute approximate surface area is 156 Å². The molecule has 0 saturated carbocycles. The van der Waals surface area contributed by atoms with E-state index in [1.54, 1.807) is 26.8 Å². The molecule has 1 saturated heterocycles. The first-order valence-electron chi connectivity index (χ1n) is 7.94. The van der Waals surface area contributed by atoms with Gasteiger partial charge in [-0.15, -0.1) is 11.3 Å². The lowest BCUT2D eigenvalue weighted by Crippen LogP contribution is -2.48. The van der Waals surface area contributed by atoms with Gasteiger partial charge in [0.25, 0.3) is 5.56 Å². The smallest absolute Gasteiger partial charge is 0.410 e. The van der Waals surface area contributed by atoms with E-state index in [1.165, 1.54) is 27.1 Å². The summed E-state index contributed by atoms with van der Waals surface area (Å²) >= 11 is 4.62. The largest absolute Gasteiger partial charge is 0.444 e. The number of fused-ring (bicyclic) bond motifs is 1. The predicted molar refractivity (Wildman–Crippen MR) is 97.9 cm³/mol. The fraction of sp³-hybridized carbons (Fsp3) is 0.562. The Balaban J connectivity index is 1.79. The second-order valence-corrected chi connectivity index (χ2v) is 9.45. The van der Waals surface area contributed by atoms with Gasteiger partial charge in [0.1, 0.15) is 16.5 Å². The van der Waals surface area contributed by atoms with Crippen molar-refractivity contribution in [1.82, 2.24) is 14.5 Å². The van der Waals surface area contributed by atoms with Crippen LogP contribution in [-0.4, -0.2) is 45.4 Å². The number of hydrogen-bond donors (Lipinski definition) is 0. The van der Waals surface area contributed by atoms with Crippen molar-refractivity contribution >= 4 is 43.6 Å². The maximum atomic E-state index is 14.7. The molecule has 3 rings (SSSR count). The van der Waals surface area contributed by atoms with Crippen LogP contribution >= 0.6 is 27.3 Å². The van der Waals surface area contributed by atoms with E-state index in [-0.39, 0.29) is 12.1 Å². The Morgan fingerprint density at radius 1 is 1.48 bits per heavy atom. The zero-order valence-electron chi connectivity index (χ0n) is 14.2. The number of ether oxygens (including phenoxy) is 1. The normalized spacial score (nSPS) is 21.6. The summed E-state index contributed by atoms with van der Waals surface area (Å²) in [5.74, 6) is 0. The summed E-state index contributed by atoms with van der Waals surface area (Å²) in [7, 11) is 0. The van der Waals surface area contributed by atoms with Crippen molar-refractivity contribution in [3.8, 4) is 0 Å². The number of halogens is 2. The van der Waals surface area contributed by atoms with E-state index in [9.17, 15) is 14.0 Å². The first-order valence-corrected chi connectivity index (χ1v) is 9.55. The van der Waals surface area contributed by atoms with E-state index < -0.39 is 23.9 Å². The standard InChI is InChI=1S/C16H19BrFN3O3S/c1-16(2,3)24-15(23)20-5-4-11(9(18)7-20)21-8-19-10-6-12(17)25-13(10)14(21)22/h6,8-9,11H,4-5,7H2,1-3H3/t9-,11+/m1/s1. The topological polar surface area (TPSA) is 64.4 Å². The van der Waals surface area contributed by atoms with Crippen LogP contribution < -0.4 is 5.56 Å². The maximum absolute atomic E-state index is 14.7. The van der Waals surface area contributed by atoms with Gasteiger partial charge in [-0.25, -0.2) is 14.2 Å². The Morgan fingerprint density at radius 3 is 2.84 bits per heavy atom. The van der Waals surface area contributed by atoms with Gasteiger partial charge in [-0.1, -0.05) is 0 Å². The van der Waals surface area contributed by atoms with Gasteiger partial charge >= 0.3 is 6.09 Å². The van der Waals surface area contributed by atoms with Crippen molar-refractivity contribution in [3.63, 3.8) is 0 Å². The molecule has 1 aliphatic rings. The first-order chi connectivity index (χ1) is 11.7. The molecule has 1 amide bonds. The monoisotopic (exact) mass is 431 g/mol. The molecule has 2 aromatic rings. The van der Waals surface area contributed by atoms with Crippen LogP contribution in [0.1, 0.15) is 33.2 Å². The first kappa shape index (κ1) is 18.3. The van der Waals surface area contributed by atoms with Crippen LogP contribution in [0.2, 0.25) is 0 Å². The Bertz CT molecular complexity index is 860. The molecule has 0 spiro atoms. The number of piperidine rings is 1. The van der Waals surface area contributed by atoms with Crippen LogP contribution in [0.25, 0.3) is 10.2 Å². The average molecular weight is 432 g/mol. The number of amides is 1. The number of carbonyl (C=O) groups is 1. The highest BCUT2D eigenvalue weighted by Gasteiger charge is 2.35. The summed E-state index contributed by atoms with van der Waals surface area (Å²) in [6.07, 6.45) is -0.164. The van der Waals surface area contributed by atoms with E-state index in [0.717, 1.165) is 3.79 Å². The van der Waals surface area contributed by atoms with Gasteiger partial charge < -0.3 is 9.64 Å². The summed E-state index contributed by atoms with van der Waals surface area (Å²) in [6, 6.07) is 1.13. The van der Waals surface area contributed by atoms with Gasteiger partial charge in [-0.2, -0.15) is 0 Å². The molecular formula is C16H19BrFN3O3S. The minimum Gasteiger partial charge on any atom is -0.444 e. The molecule has 0 aliphatic carbocycles. The minimum absolute atomic E-state index is 0.0990. The number of aromatic nitrogens is 2. The number of alkyl halides is 1. The lowest BCUT2D eigenvalue weighted by Gasteiger charge is -2.36. The lowest BCUT2D eigenvalue weighted by molar-refractivity contribution is 0.00646. The van der Waals surface area contributed by atoms with Gasteiger partial charge in [0, 0.05) is 6.54 Å². The molecular weight excluding hydrogens is 413 g/mol. The molecule has 2 atom stereocenters. The van der Waals surface area contributed by atoms with E-state index in [1.807, 2.05) is 0 Å². The molecule has 9 heteroatoms. The minimum atomic E-state index is -1.36. The highest BCUT2D eigenvalue weighted by Crippen LogP contribution is 2.29. The highest BCUT2D eigenvalue weighted by atomic mass is 79.9. The summed E-state index contributed by atoms with van der Waals surface area (Å²) in [4.78, 5) is 30.3. The van der Waals surface area contributed by atoms with Crippen molar-refractivity contribution < 1.29 is 13.9 Å². The van der Waals surface area contributed by atoms with Gasteiger partial charge in [-0.05, 0) is 49.2 Å². The Morgan fingerprint density at radius 2 is 2.20 bits per heavy atom. The van der Waals surface area contributed by atoms with Crippen molar-refractivity contribution in [2.45, 2.75) is 45.0 Å². The number of nitrogens with zero attached hydrogens (tertiary/aromatic N) is 3. The Hall–Kier alpha value is -1.48. The van der Waals surface area contributed by atoms with Crippen LogP contribution in [0.15, 0.2) is 21.0 Å². The molecule has 136 valence electrons. The summed E-state index contributed by atoms with van der Waals surface area (Å²) in [5, 5.41) is 0. The third-order valence-corrected chi connectivity index (χ3v) is 5.56. The zero-order chi connectivity index (χ0) is 18.4. The molecule has 0 unspecified atom stereocenters. The average Bonchev–Trinajstić information content (AvgIpc) is 2.88. The third-order valence-electron chi connectivity index (χ3n) is 3.95. The Kier molecular flexibility index (Phi) is 4.89. The zero-order valence-corrected chi connectivity index (χ0v) is 16.6. The predicted octanol–water partition coefficient (Wildman–Crippen LogP) is 3.74. The van der Waals surface area contributed by atoms with Crippen molar-refractivity contribution in [1.29, 1.82) is 0 Å². The molecule has 25 heavy (non-hydrogen) atoms. The summed E-state index contributed by atoms with van der Waals surface area (Å²) in [6.45, 7) is 5.54. The quantitative estimate of drug-likeness (QED) is 0.689. The molecule has 1 fully saturated rings. The number of rotatable bonds is 1. The van der Waals surface area contributed by atoms with E-state index in [0.29, 0.717) is 23.2 Å². The number of hydrogen-bond acceptors (Lipinski definition) is 5. The van der Waals surface area contributed by atoms with Gasteiger partial charge in [0.05, 0.1) is 28.2 Å². The van der Waals surface area contributed by atoms with Gasteiger partial charge in [0.2, 0.25) is 0 Å². The van der Waals surface area contributed by atoms with Crippen LogP contribution in [0.5, 0.6) is 0 Å². The van der Waals surface area contributed by atoms with Crippen LogP contribution in [0.3, 0.4) is 0 Å². The van der Waals surface area contributed by atoms with E-state index >= 15 is 0 Å². The van der Waals surface area contributed by atoms with Gasteiger partial charge in [-0.3, -0.25) is 9.36 Å². The van der Waals surface area contributed by atoms with Crippen LogP contribution in [0, 0.1) is 0 Å². The lowest BCUT2D eigenvalue weighted by atomic mass is 10.0. The molecule has 0 bridgehead atoms. The maximum Gasteiger partial charge on any atom is 0.410 e. The second-order valence-electron chi connectivity index (χ2n) is 7.02. The molecule has 0 N–H and O–H groups in total. The molecule has 6 nitrogen and oxygen atoms in total. The van der Waals surface area contributed by atoms with Crippen LogP contribution in [-0.2, 0) is 4.74 Å². The molecule has 1 aliphatic heterocycles. The SMILES string of the molecule is CC(C)(C)OC(=O)N1CC[C@H](n2cnc3cc(Br)sc3c2=O)[C@H](F)C1. The molecule has 0 aromatic carbocycles. The van der Waals surface area contributed by atoms with E-state index in [4.69, 9.17) is 4.74 Å². The second kappa shape index (κ2) is 6.68. The van der Waals surface area contributed by atoms with Crippen LogP contribution in [0.4, 0.5) is 9.18 Å². The number of likely N-dealkylation sites (tertiary alicyclic amines) is 1. The molecule has 3 heterocycles. The van der Waals surface area contributed by atoms with E-state index in [2.05, 4.69) is 20.9 Å². The highest BCUT2D eigenvalue weighted by molar-refractivity contribution is 9.11. The fourth-order valence-corrected chi connectivity index (χ4v) is 4.31. The number of thiophene rings is 1. The third kappa shape index (κ3) is 3.87. The van der Waals surface area contributed by atoms with Gasteiger partial charge in [0.15, 0.2) is 0 Å². The molecule has 2 aromatic heterocycles. The molecule has 0 radical (unpaired) electrons. The van der Waals surface area contributed by atoms with Crippen molar-refractivity contribution in [2.75, 3.05) is 13.1 Å². The number of carbonyl (C=O) groups excluding carboxylic acids is 1.